The highest BCUT2D eigenvalue weighted by molar-refractivity contribution is 5.94. The Morgan fingerprint density at radius 1 is 1.45 bits per heavy atom. The Kier molecular flexibility index (Phi) is 7.38. The van der Waals surface area contributed by atoms with Crippen LogP contribution in [-0.4, -0.2) is 32.8 Å². The van der Waals surface area contributed by atoms with Crippen molar-refractivity contribution < 1.29 is 13.9 Å². The molecule has 0 aliphatic carbocycles. The largest absolute Gasteiger partial charge is 0.494 e. The smallest absolute Gasteiger partial charge is 0.210 e. The molecule has 0 radical (unpaired) electrons. The lowest BCUT2D eigenvalue weighted by molar-refractivity contribution is 0.146. The van der Waals surface area contributed by atoms with Crippen molar-refractivity contribution in [3.05, 3.63) is 24.0 Å². The summed E-state index contributed by atoms with van der Waals surface area (Å²) >= 11 is 0. The number of methoxy groups -OCH3 is 1. The van der Waals surface area contributed by atoms with E-state index in [9.17, 15) is 4.39 Å². The lowest BCUT2D eigenvalue weighted by Crippen LogP contribution is -2.36. The average molecular weight is 284 g/mol. The number of nitrogens with zero attached hydrogens (tertiary/aromatic N) is 1. The van der Waals surface area contributed by atoms with E-state index in [4.69, 9.17) is 15.3 Å². The van der Waals surface area contributed by atoms with Crippen LogP contribution in [0.1, 0.15) is 13.3 Å². The molecular formula is C13H21FN4O2. The quantitative estimate of drug-likeness (QED) is 0.232. The number of ether oxygens (including phenoxy) is 2. The molecule has 0 aliphatic rings. The van der Waals surface area contributed by atoms with Gasteiger partial charge in [0.15, 0.2) is 0 Å². The number of hydrogen-bond donors (Lipinski definition) is 3. The summed E-state index contributed by atoms with van der Waals surface area (Å²) in [4.78, 5) is 4.25. The second-order valence-corrected chi connectivity index (χ2v) is 3.89. The van der Waals surface area contributed by atoms with Gasteiger partial charge in [-0.2, -0.15) is 0 Å². The number of rotatable bonds is 7. The zero-order chi connectivity index (χ0) is 14.8. The summed E-state index contributed by atoms with van der Waals surface area (Å²) in [6, 6.07) is 4.17. The Hall–Kier alpha value is -1.86. The van der Waals surface area contributed by atoms with Crippen molar-refractivity contribution in [2.24, 2.45) is 10.8 Å². The molecule has 0 unspecified atom stereocenters. The molecule has 0 amide bonds. The molecule has 1 rings (SSSR count). The Labute approximate surface area is 118 Å². The van der Waals surface area contributed by atoms with Crippen molar-refractivity contribution in [3.63, 3.8) is 0 Å². The molecule has 0 atom stereocenters. The van der Waals surface area contributed by atoms with Gasteiger partial charge in [-0.05, 0) is 25.5 Å². The lowest BCUT2D eigenvalue weighted by atomic mass is 10.3. The van der Waals surface area contributed by atoms with Crippen LogP contribution in [0.4, 0.5) is 10.1 Å². The Balaban J connectivity index is 2.61. The van der Waals surface area contributed by atoms with E-state index >= 15 is 0 Å². The molecule has 1 aromatic carbocycles. The third-order valence-electron chi connectivity index (χ3n) is 2.47. The van der Waals surface area contributed by atoms with E-state index in [-0.39, 0.29) is 5.82 Å². The third-order valence-corrected chi connectivity index (χ3v) is 2.47. The fourth-order valence-electron chi connectivity index (χ4n) is 1.52. The van der Waals surface area contributed by atoms with E-state index in [0.717, 1.165) is 6.42 Å². The van der Waals surface area contributed by atoms with Crippen molar-refractivity contribution in [3.8, 4) is 5.75 Å². The highest BCUT2D eigenvalue weighted by atomic mass is 19.1. The zero-order valence-electron chi connectivity index (χ0n) is 11.8. The lowest BCUT2D eigenvalue weighted by Gasteiger charge is -2.12. The molecule has 0 fully saturated rings. The van der Waals surface area contributed by atoms with Crippen molar-refractivity contribution in [1.29, 1.82) is 0 Å². The molecule has 0 aliphatic heterocycles. The Morgan fingerprint density at radius 2 is 2.25 bits per heavy atom. The maximum Gasteiger partial charge on any atom is 0.210 e. The van der Waals surface area contributed by atoms with Crippen molar-refractivity contribution >= 4 is 11.6 Å². The van der Waals surface area contributed by atoms with E-state index < -0.39 is 0 Å². The number of nitrogens with one attached hydrogen (secondary N) is 2. The summed E-state index contributed by atoms with van der Waals surface area (Å²) in [6.07, 6.45) is 0.793. The summed E-state index contributed by atoms with van der Waals surface area (Å²) in [7, 11) is 1.47. The summed E-state index contributed by atoms with van der Waals surface area (Å²) in [5.74, 6) is 5.78. The number of hydrogen-bond acceptors (Lipinski definition) is 4. The van der Waals surface area contributed by atoms with E-state index in [1.807, 2.05) is 6.92 Å². The van der Waals surface area contributed by atoms with Crippen LogP contribution < -0.4 is 21.3 Å². The van der Waals surface area contributed by atoms with Gasteiger partial charge >= 0.3 is 0 Å². The topological polar surface area (TPSA) is 80.9 Å². The minimum Gasteiger partial charge on any atom is -0.494 e. The van der Waals surface area contributed by atoms with Gasteiger partial charge in [0, 0.05) is 25.8 Å². The van der Waals surface area contributed by atoms with Gasteiger partial charge < -0.3 is 14.8 Å². The fourth-order valence-corrected chi connectivity index (χ4v) is 1.52. The SMILES string of the molecule is CCOCCCN=C(NN)Nc1ccc(F)cc1OC. The molecule has 6 nitrogen and oxygen atoms in total. The molecule has 20 heavy (non-hydrogen) atoms. The number of aliphatic imine (C=N–C) groups is 1. The normalized spacial score (nSPS) is 11.3. The summed E-state index contributed by atoms with van der Waals surface area (Å²) in [5, 5.41) is 2.95. The van der Waals surface area contributed by atoms with E-state index in [0.29, 0.717) is 37.2 Å². The highest BCUT2D eigenvalue weighted by Gasteiger charge is 2.06. The van der Waals surface area contributed by atoms with Gasteiger partial charge in [-0.3, -0.25) is 10.4 Å². The van der Waals surface area contributed by atoms with Gasteiger partial charge in [0.1, 0.15) is 11.6 Å². The maximum absolute atomic E-state index is 13.1. The fraction of sp³-hybridized carbons (Fsp3) is 0.462. The van der Waals surface area contributed by atoms with Crippen LogP contribution >= 0.6 is 0 Å². The molecule has 4 N–H and O–H groups in total. The number of guanidine groups is 1. The molecule has 0 spiro atoms. The summed E-state index contributed by atoms with van der Waals surface area (Å²) in [6.45, 7) is 3.85. The number of halogens is 1. The molecule has 0 heterocycles. The van der Waals surface area contributed by atoms with Crippen molar-refractivity contribution in [2.45, 2.75) is 13.3 Å². The third kappa shape index (κ3) is 5.41. The van der Waals surface area contributed by atoms with Gasteiger partial charge in [0.25, 0.3) is 0 Å². The first-order chi connectivity index (χ1) is 9.71. The first-order valence-corrected chi connectivity index (χ1v) is 6.40. The summed E-state index contributed by atoms with van der Waals surface area (Å²) < 4.78 is 23.4. The number of benzene rings is 1. The van der Waals surface area contributed by atoms with Crippen molar-refractivity contribution in [2.75, 3.05) is 32.2 Å². The molecule has 0 saturated heterocycles. The van der Waals surface area contributed by atoms with Gasteiger partial charge in [0.2, 0.25) is 5.96 Å². The van der Waals surface area contributed by atoms with Crippen LogP contribution in [0.15, 0.2) is 23.2 Å². The standard InChI is InChI=1S/C13H21FN4O2/c1-3-20-8-4-7-16-13(18-15)17-11-6-5-10(14)9-12(11)19-2/h5-6,9H,3-4,7-8,15H2,1-2H3,(H2,16,17,18). The predicted molar refractivity (Wildman–Crippen MR) is 77.3 cm³/mol. The molecule has 1 aromatic rings. The van der Waals surface area contributed by atoms with Crippen LogP contribution in [-0.2, 0) is 4.74 Å². The number of anilines is 1. The Morgan fingerprint density at radius 3 is 2.90 bits per heavy atom. The first kappa shape index (κ1) is 16.2. The predicted octanol–water partition coefficient (Wildman–Crippen LogP) is 1.49. The molecule has 0 bridgehead atoms. The molecular weight excluding hydrogens is 263 g/mol. The zero-order valence-corrected chi connectivity index (χ0v) is 11.8. The highest BCUT2D eigenvalue weighted by Crippen LogP contribution is 2.24. The van der Waals surface area contributed by atoms with Gasteiger partial charge in [-0.25, -0.2) is 10.2 Å². The van der Waals surface area contributed by atoms with Gasteiger partial charge in [-0.1, -0.05) is 0 Å². The van der Waals surface area contributed by atoms with Crippen LogP contribution in [0.5, 0.6) is 5.75 Å². The second kappa shape index (κ2) is 9.11. The van der Waals surface area contributed by atoms with E-state index in [2.05, 4.69) is 15.7 Å². The maximum atomic E-state index is 13.1. The number of hydrazine groups is 1. The van der Waals surface area contributed by atoms with Crippen LogP contribution in [0.3, 0.4) is 0 Å². The van der Waals surface area contributed by atoms with Crippen LogP contribution in [0.2, 0.25) is 0 Å². The summed E-state index contributed by atoms with van der Waals surface area (Å²) in [5.41, 5.74) is 3.04. The van der Waals surface area contributed by atoms with Crippen molar-refractivity contribution in [1.82, 2.24) is 5.43 Å². The molecule has 0 aromatic heterocycles. The second-order valence-electron chi connectivity index (χ2n) is 3.89. The molecule has 0 saturated carbocycles. The minimum atomic E-state index is -0.372. The minimum absolute atomic E-state index is 0.372. The van der Waals surface area contributed by atoms with E-state index in [1.54, 1.807) is 6.07 Å². The molecule has 112 valence electrons. The van der Waals surface area contributed by atoms with E-state index in [1.165, 1.54) is 19.2 Å². The number of nitrogens with two attached hydrogens (primary N) is 1. The molecule has 7 heteroatoms. The van der Waals surface area contributed by atoms with Crippen LogP contribution in [0.25, 0.3) is 0 Å². The van der Waals surface area contributed by atoms with Gasteiger partial charge in [-0.15, -0.1) is 0 Å². The Bertz CT molecular complexity index is 440. The average Bonchev–Trinajstić information content (AvgIpc) is 2.47. The monoisotopic (exact) mass is 284 g/mol. The first-order valence-electron chi connectivity index (χ1n) is 6.40. The van der Waals surface area contributed by atoms with Gasteiger partial charge in [0.05, 0.1) is 12.8 Å². The van der Waals surface area contributed by atoms with Crippen LogP contribution in [0, 0.1) is 5.82 Å².